The van der Waals surface area contributed by atoms with Crippen LogP contribution in [0.25, 0.3) is 0 Å². The first-order chi connectivity index (χ1) is 7.15. The molecule has 0 aliphatic carbocycles. The smallest absolute Gasteiger partial charge is 0.340 e. The number of nitrogen functional groups attached to an aromatic ring is 1. The van der Waals surface area contributed by atoms with E-state index in [9.17, 15) is 4.79 Å². The summed E-state index contributed by atoms with van der Waals surface area (Å²) in [6.45, 7) is 0.767. The maximum absolute atomic E-state index is 11.5. The molecule has 0 atom stereocenters. The molecule has 0 saturated heterocycles. The van der Waals surface area contributed by atoms with Crippen molar-refractivity contribution in [2.45, 2.75) is 13.2 Å². The van der Waals surface area contributed by atoms with Crippen LogP contribution in [0, 0.1) is 0 Å². The second-order valence-electron chi connectivity index (χ2n) is 3.26. The van der Waals surface area contributed by atoms with Crippen LogP contribution in [0.1, 0.15) is 21.5 Å². The number of ether oxygens (including phenoxy) is 2. The molecule has 1 heterocycles. The Morgan fingerprint density at radius 3 is 2.87 bits per heavy atom. The molecule has 0 saturated carbocycles. The van der Waals surface area contributed by atoms with Gasteiger partial charge in [0, 0.05) is 21.8 Å². The van der Waals surface area contributed by atoms with Gasteiger partial charge in [-0.25, -0.2) is 4.79 Å². The van der Waals surface area contributed by atoms with Gasteiger partial charge in [0.1, 0.15) is 0 Å². The maximum Gasteiger partial charge on any atom is 0.340 e. The van der Waals surface area contributed by atoms with Crippen molar-refractivity contribution in [1.29, 1.82) is 0 Å². The summed E-state index contributed by atoms with van der Waals surface area (Å²) in [5, 5.41) is 0.535. The van der Waals surface area contributed by atoms with Gasteiger partial charge in [0.05, 0.1) is 25.9 Å². The number of hydrogen-bond donors (Lipinski definition) is 1. The van der Waals surface area contributed by atoms with Gasteiger partial charge in [0.2, 0.25) is 0 Å². The van der Waals surface area contributed by atoms with Crippen LogP contribution >= 0.6 is 11.6 Å². The molecule has 15 heavy (non-hydrogen) atoms. The largest absolute Gasteiger partial charge is 0.465 e. The van der Waals surface area contributed by atoms with Gasteiger partial charge >= 0.3 is 5.97 Å². The Bertz CT molecular complexity index is 431. The zero-order valence-electron chi connectivity index (χ0n) is 8.17. The molecule has 0 spiro atoms. The first kappa shape index (κ1) is 10.3. The molecule has 80 valence electrons. The van der Waals surface area contributed by atoms with Gasteiger partial charge in [-0.3, -0.25) is 0 Å². The van der Waals surface area contributed by atoms with Gasteiger partial charge in [-0.05, 0) is 6.07 Å². The van der Waals surface area contributed by atoms with Crippen molar-refractivity contribution in [2.24, 2.45) is 0 Å². The number of methoxy groups -OCH3 is 1. The number of rotatable bonds is 1. The van der Waals surface area contributed by atoms with Crippen LogP contribution in [0.2, 0.25) is 5.02 Å². The Morgan fingerprint density at radius 1 is 1.53 bits per heavy atom. The molecule has 0 aromatic heterocycles. The zero-order valence-corrected chi connectivity index (χ0v) is 8.93. The van der Waals surface area contributed by atoms with Crippen LogP contribution in [-0.4, -0.2) is 13.1 Å². The normalized spacial score (nSPS) is 13.7. The van der Waals surface area contributed by atoms with E-state index in [1.807, 2.05) is 0 Å². The average Bonchev–Trinajstić information content (AvgIpc) is 2.66. The van der Waals surface area contributed by atoms with E-state index in [2.05, 4.69) is 4.74 Å². The number of fused-ring (bicyclic) bond motifs is 1. The molecule has 1 aliphatic heterocycles. The Labute approximate surface area is 91.9 Å². The number of esters is 1. The minimum Gasteiger partial charge on any atom is -0.465 e. The summed E-state index contributed by atoms with van der Waals surface area (Å²) in [6, 6.07) is 1.56. The molecule has 0 fully saturated rings. The topological polar surface area (TPSA) is 61.5 Å². The number of benzene rings is 1. The number of nitrogens with two attached hydrogens (primary N) is 1. The van der Waals surface area contributed by atoms with Crippen LogP contribution in [0.3, 0.4) is 0 Å². The quantitative estimate of drug-likeness (QED) is 0.586. The molecule has 1 aromatic rings. The predicted molar refractivity (Wildman–Crippen MR) is 55.7 cm³/mol. The van der Waals surface area contributed by atoms with E-state index >= 15 is 0 Å². The number of halogens is 1. The fraction of sp³-hybridized carbons (Fsp3) is 0.300. The van der Waals surface area contributed by atoms with Crippen molar-refractivity contribution in [3.63, 3.8) is 0 Å². The van der Waals surface area contributed by atoms with Crippen molar-refractivity contribution in [3.05, 3.63) is 27.8 Å². The third-order valence-corrected chi connectivity index (χ3v) is 2.74. The fourth-order valence-corrected chi connectivity index (χ4v) is 1.96. The molecule has 4 nitrogen and oxygen atoms in total. The molecule has 2 N–H and O–H groups in total. The Kier molecular flexibility index (Phi) is 2.54. The molecule has 1 aliphatic rings. The lowest BCUT2D eigenvalue weighted by Crippen LogP contribution is -2.10. The molecular weight excluding hydrogens is 218 g/mol. The van der Waals surface area contributed by atoms with E-state index in [-0.39, 0.29) is 0 Å². The molecule has 1 aromatic carbocycles. The van der Waals surface area contributed by atoms with E-state index in [1.165, 1.54) is 7.11 Å². The van der Waals surface area contributed by atoms with E-state index < -0.39 is 5.97 Å². The van der Waals surface area contributed by atoms with Crippen molar-refractivity contribution < 1.29 is 14.3 Å². The first-order valence-electron chi connectivity index (χ1n) is 4.41. The molecule has 5 heteroatoms. The summed E-state index contributed by atoms with van der Waals surface area (Å²) in [5.74, 6) is -0.453. The summed E-state index contributed by atoms with van der Waals surface area (Å²) < 4.78 is 9.90. The van der Waals surface area contributed by atoms with Crippen LogP contribution < -0.4 is 5.73 Å². The van der Waals surface area contributed by atoms with Gasteiger partial charge < -0.3 is 15.2 Å². The summed E-state index contributed by atoms with van der Waals surface area (Å²) in [6.07, 6.45) is 0. The van der Waals surface area contributed by atoms with E-state index in [0.717, 1.165) is 11.1 Å². The SMILES string of the molecule is COC(=O)c1c(N)cc(Cl)c2c1COC2. The predicted octanol–water partition coefficient (Wildman–Crippen LogP) is 1.74. The first-order valence-corrected chi connectivity index (χ1v) is 4.78. The van der Waals surface area contributed by atoms with Gasteiger partial charge in [0.15, 0.2) is 0 Å². The second-order valence-corrected chi connectivity index (χ2v) is 3.67. The number of anilines is 1. The van der Waals surface area contributed by atoms with Gasteiger partial charge in [-0.2, -0.15) is 0 Å². The van der Waals surface area contributed by atoms with Gasteiger partial charge in [-0.15, -0.1) is 0 Å². The van der Waals surface area contributed by atoms with Crippen molar-refractivity contribution in [1.82, 2.24) is 0 Å². The summed E-state index contributed by atoms with van der Waals surface area (Å²) in [4.78, 5) is 11.5. The summed E-state index contributed by atoms with van der Waals surface area (Å²) in [5.41, 5.74) is 8.00. The van der Waals surface area contributed by atoms with Crippen LogP contribution in [-0.2, 0) is 22.7 Å². The third kappa shape index (κ3) is 1.56. The Hall–Kier alpha value is -1.26. The molecular formula is C10H10ClNO3. The summed E-state index contributed by atoms with van der Waals surface area (Å²) >= 11 is 5.98. The lowest BCUT2D eigenvalue weighted by atomic mass is 10.0. The second kappa shape index (κ2) is 3.72. The van der Waals surface area contributed by atoms with Crippen molar-refractivity contribution >= 4 is 23.3 Å². The lowest BCUT2D eigenvalue weighted by molar-refractivity contribution is 0.0597. The highest BCUT2D eigenvalue weighted by Crippen LogP contribution is 2.34. The van der Waals surface area contributed by atoms with Crippen LogP contribution in [0.15, 0.2) is 6.07 Å². The fourth-order valence-electron chi connectivity index (χ4n) is 1.68. The monoisotopic (exact) mass is 227 g/mol. The van der Waals surface area contributed by atoms with E-state index in [1.54, 1.807) is 6.07 Å². The Morgan fingerprint density at radius 2 is 2.20 bits per heavy atom. The van der Waals surface area contributed by atoms with Crippen LogP contribution in [0.5, 0.6) is 0 Å². The molecule has 0 radical (unpaired) electrons. The van der Waals surface area contributed by atoms with Gasteiger partial charge in [0.25, 0.3) is 0 Å². The highest BCUT2D eigenvalue weighted by Gasteiger charge is 2.25. The van der Waals surface area contributed by atoms with E-state index in [0.29, 0.717) is 29.5 Å². The third-order valence-electron chi connectivity index (χ3n) is 2.41. The average molecular weight is 228 g/mol. The number of carbonyl (C=O) groups excluding carboxylic acids is 1. The zero-order chi connectivity index (χ0) is 11.0. The Balaban J connectivity index is 2.64. The van der Waals surface area contributed by atoms with Crippen LogP contribution in [0.4, 0.5) is 5.69 Å². The lowest BCUT2D eigenvalue weighted by Gasteiger charge is -2.09. The standard InChI is InChI=1S/C10H10ClNO3/c1-14-10(13)9-6-4-15-3-5(6)7(11)2-8(9)12/h2H,3-4,12H2,1H3. The highest BCUT2D eigenvalue weighted by molar-refractivity contribution is 6.32. The van der Waals surface area contributed by atoms with Gasteiger partial charge in [-0.1, -0.05) is 11.6 Å². The minimum absolute atomic E-state index is 0.330. The summed E-state index contributed by atoms with van der Waals surface area (Å²) in [7, 11) is 1.32. The number of carbonyl (C=O) groups is 1. The van der Waals surface area contributed by atoms with E-state index in [4.69, 9.17) is 22.1 Å². The highest BCUT2D eigenvalue weighted by atomic mass is 35.5. The molecule has 0 amide bonds. The van der Waals surface area contributed by atoms with Crippen molar-refractivity contribution in [2.75, 3.05) is 12.8 Å². The molecule has 2 rings (SSSR count). The minimum atomic E-state index is -0.453. The number of hydrogen-bond acceptors (Lipinski definition) is 4. The molecule has 0 bridgehead atoms. The maximum atomic E-state index is 11.5. The molecule has 0 unspecified atom stereocenters. The van der Waals surface area contributed by atoms with Crippen molar-refractivity contribution in [3.8, 4) is 0 Å².